The van der Waals surface area contributed by atoms with Crippen molar-refractivity contribution < 1.29 is 18.0 Å². The summed E-state index contributed by atoms with van der Waals surface area (Å²) >= 11 is 0. The van der Waals surface area contributed by atoms with Gasteiger partial charge in [-0.1, -0.05) is 0 Å². The lowest BCUT2D eigenvalue weighted by molar-refractivity contribution is -0.137. The van der Waals surface area contributed by atoms with Crippen molar-refractivity contribution in [2.24, 2.45) is 0 Å². The van der Waals surface area contributed by atoms with Crippen LogP contribution in [0.5, 0.6) is 0 Å². The van der Waals surface area contributed by atoms with E-state index in [1.54, 1.807) is 15.9 Å². The Morgan fingerprint density at radius 1 is 1.29 bits per heavy atom. The number of hydrogen-bond acceptors (Lipinski definition) is 3. The number of halogens is 3. The summed E-state index contributed by atoms with van der Waals surface area (Å²) in [6, 6.07) is 5.14. The third kappa shape index (κ3) is 3.11. The lowest BCUT2D eigenvalue weighted by Gasteiger charge is -2.39. The van der Waals surface area contributed by atoms with Crippen LogP contribution in [-0.2, 0) is 6.18 Å². The summed E-state index contributed by atoms with van der Waals surface area (Å²) in [5, 5.41) is 11.6. The zero-order valence-corrected chi connectivity index (χ0v) is 12.9. The Morgan fingerprint density at radius 2 is 2.08 bits per heavy atom. The van der Waals surface area contributed by atoms with Gasteiger partial charge in [-0.25, -0.2) is 4.79 Å². The minimum Gasteiger partial charge on any atom is -0.369 e. The minimum atomic E-state index is -4.53. The molecule has 1 aromatic rings. The summed E-state index contributed by atoms with van der Waals surface area (Å²) in [7, 11) is 0. The second-order valence-corrected chi connectivity index (χ2v) is 6.01. The average Bonchev–Trinajstić information content (AvgIpc) is 2.99. The topological polar surface area (TPSA) is 59.4 Å². The van der Waals surface area contributed by atoms with Gasteiger partial charge in [-0.3, -0.25) is 0 Å². The van der Waals surface area contributed by atoms with Crippen LogP contribution in [0.15, 0.2) is 18.2 Å². The van der Waals surface area contributed by atoms with E-state index in [1.165, 1.54) is 12.1 Å². The van der Waals surface area contributed by atoms with Crippen LogP contribution in [0.1, 0.15) is 24.0 Å². The Labute approximate surface area is 137 Å². The van der Waals surface area contributed by atoms with E-state index >= 15 is 0 Å². The fraction of sp³-hybridized carbons (Fsp3) is 0.500. The van der Waals surface area contributed by atoms with Gasteiger partial charge in [0.05, 0.1) is 23.2 Å². The Bertz CT molecular complexity index is 683. The van der Waals surface area contributed by atoms with Gasteiger partial charge in [-0.2, -0.15) is 18.4 Å². The van der Waals surface area contributed by atoms with Gasteiger partial charge in [0, 0.05) is 31.9 Å². The molecule has 0 bridgehead atoms. The highest BCUT2D eigenvalue weighted by atomic mass is 19.4. The predicted octanol–water partition coefficient (Wildman–Crippen LogP) is 2.57. The molecule has 0 saturated carbocycles. The van der Waals surface area contributed by atoms with E-state index in [-0.39, 0.29) is 23.3 Å². The van der Waals surface area contributed by atoms with E-state index in [1.807, 2.05) is 0 Å². The Kier molecular flexibility index (Phi) is 4.26. The molecule has 5 nitrogen and oxygen atoms in total. The molecule has 0 radical (unpaired) electrons. The first-order valence-electron chi connectivity index (χ1n) is 7.81. The summed E-state index contributed by atoms with van der Waals surface area (Å²) in [4.78, 5) is 15.2. The van der Waals surface area contributed by atoms with Crippen LogP contribution >= 0.6 is 0 Å². The van der Waals surface area contributed by atoms with Crippen molar-refractivity contribution in [3.8, 4) is 6.07 Å². The molecule has 24 heavy (non-hydrogen) atoms. The van der Waals surface area contributed by atoms with Crippen molar-refractivity contribution in [2.45, 2.75) is 25.1 Å². The van der Waals surface area contributed by atoms with E-state index in [0.717, 1.165) is 12.5 Å². The zero-order chi connectivity index (χ0) is 17.3. The predicted molar refractivity (Wildman–Crippen MR) is 81.5 cm³/mol. The Hall–Kier alpha value is -2.43. The molecule has 2 saturated heterocycles. The van der Waals surface area contributed by atoms with Crippen LogP contribution in [0.2, 0.25) is 0 Å². The highest BCUT2D eigenvalue weighted by Gasteiger charge is 2.37. The number of rotatable bonds is 2. The number of benzene rings is 1. The molecule has 2 aliphatic rings. The monoisotopic (exact) mass is 338 g/mol. The van der Waals surface area contributed by atoms with E-state index in [9.17, 15) is 18.0 Å². The first-order valence-corrected chi connectivity index (χ1v) is 7.81. The second-order valence-electron chi connectivity index (χ2n) is 6.01. The smallest absolute Gasteiger partial charge is 0.369 e. The maximum absolute atomic E-state index is 13.4. The third-order valence-corrected chi connectivity index (χ3v) is 4.50. The summed E-state index contributed by atoms with van der Waals surface area (Å²) in [6.45, 7) is 2.01. The lowest BCUT2D eigenvalue weighted by Crippen LogP contribution is -2.49. The number of nitriles is 1. The number of alkyl halides is 3. The Morgan fingerprint density at radius 3 is 2.71 bits per heavy atom. The van der Waals surface area contributed by atoms with E-state index in [0.29, 0.717) is 32.6 Å². The molecule has 2 fully saturated rings. The molecule has 2 heterocycles. The normalized spacial score (nSPS) is 21.6. The number of nitrogens with zero attached hydrogens (tertiary/aromatic N) is 3. The molecule has 128 valence electrons. The van der Waals surface area contributed by atoms with Crippen LogP contribution in [0.4, 0.5) is 23.7 Å². The molecule has 1 aromatic carbocycles. The Balaban J connectivity index is 1.88. The van der Waals surface area contributed by atoms with Crippen molar-refractivity contribution >= 4 is 11.7 Å². The van der Waals surface area contributed by atoms with Gasteiger partial charge in [0.2, 0.25) is 0 Å². The maximum atomic E-state index is 13.4. The van der Waals surface area contributed by atoms with Crippen molar-refractivity contribution in [3.05, 3.63) is 29.3 Å². The summed E-state index contributed by atoms with van der Waals surface area (Å²) in [5.41, 5.74) is -0.738. The number of urea groups is 1. The van der Waals surface area contributed by atoms with Crippen LogP contribution < -0.4 is 10.2 Å². The standard InChI is InChI=1S/C16H17F3N4O/c17-16(18,19)13-8-11(9-20)3-4-14(13)22-6-1-2-12(10-22)23-7-5-21-15(23)24/h3-4,8,12H,1-2,5-7,10H2,(H,21,24)/t12-/m0/s1. The molecule has 2 amide bonds. The fourth-order valence-electron chi connectivity index (χ4n) is 3.37. The number of carbonyl (C=O) groups excluding carboxylic acids is 1. The van der Waals surface area contributed by atoms with Gasteiger partial charge in [0.1, 0.15) is 0 Å². The molecule has 3 rings (SSSR count). The third-order valence-electron chi connectivity index (χ3n) is 4.50. The van der Waals surface area contributed by atoms with Crippen molar-refractivity contribution in [2.75, 3.05) is 31.1 Å². The van der Waals surface area contributed by atoms with E-state index in [4.69, 9.17) is 5.26 Å². The molecule has 1 atom stereocenters. The van der Waals surface area contributed by atoms with Gasteiger partial charge >= 0.3 is 12.2 Å². The van der Waals surface area contributed by atoms with Crippen molar-refractivity contribution in [1.29, 1.82) is 5.26 Å². The average molecular weight is 338 g/mol. The SMILES string of the molecule is N#Cc1ccc(N2CCC[C@H](N3CCNC3=O)C2)c(C(F)(F)F)c1. The molecule has 2 aliphatic heterocycles. The first kappa shape index (κ1) is 16.4. The quantitative estimate of drug-likeness (QED) is 0.902. The molecular weight excluding hydrogens is 321 g/mol. The van der Waals surface area contributed by atoms with Crippen LogP contribution in [-0.4, -0.2) is 43.2 Å². The summed E-state index contributed by atoms with van der Waals surface area (Å²) < 4.78 is 40.1. The van der Waals surface area contributed by atoms with Crippen molar-refractivity contribution in [3.63, 3.8) is 0 Å². The zero-order valence-electron chi connectivity index (χ0n) is 12.9. The van der Waals surface area contributed by atoms with Gasteiger partial charge in [0.15, 0.2) is 0 Å². The van der Waals surface area contributed by atoms with Gasteiger partial charge in [0.25, 0.3) is 0 Å². The highest BCUT2D eigenvalue weighted by Crippen LogP contribution is 2.38. The molecule has 0 aromatic heterocycles. The molecule has 1 N–H and O–H groups in total. The fourth-order valence-corrected chi connectivity index (χ4v) is 3.37. The van der Waals surface area contributed by atoms with Crippen LogP contribution in [0.3, 0.4) is 0 Å². The molecule has 0 unspecified atom stereocenters. The number of amides is 2. The van der Waals surface area contributed by atoms with E-state index in [2.05, 4.69) is 5.32 Å². The number of piperidine rings is 1. The molecule has 0 aliphatic carbocycles. The first-order chi connectivity index (χ1) is 11.4. The van der Waals surface area contributed by atoms with Gasteiger partial charge in [-0.15, -0.1) is 0 Å². The highest BCUT2D eigenvalue weighted by molar-refractivity contribution is 5.76. The van der Waals surface area contributed by atoms with E-state index < -0.39 is 11.7 Å². The summed E-state index contributed by atoms with van der Waals surface area (Å²) in [6.07, 6.45) is -3.03. The maximum Gasteiger partial charge on any atom is 0.418 e. The van der Waals surface area contributed by atoms with Gasteiger partial charge < -0.3 is 15.1 Å². The van der Waals surface area contributed by atoms with Crippen LogP contribution in [0.25, 0.3) is 0 Å². The summed E-state index contributed by atoms with van der Waals surface area (Å²) in [5.74, 6) is 0. The number of nitrogens with one attached hydrogen (secondary N) is 1. The second kappa shape index (κ2) is 6.23. The van der Waals surface area contributed by atoms with Gasteiger partial charge in [-0.05, 0) is 31.0 Å². The molecule has 8 heteroatoms. The number of carbonyl (C=O) groups is 1. The number of anilines is 1. The molecular formula is C16H17F3N4O. The largest absolute Gasteiger partial charge is 0.418 e. The number of hydrogen-bond donors (Lipinski definition) is 1. The lowest BCUT2D eigenvalue weighted by atomic mass is 10.0. The van der Waals surface area contributed by atoms with Crippen molar-refractivity contribution in [1.82, 2.24) is 10.2 Å². The molecule has 0 spiro atoms. The van der Waals surface area contributed by atoms with Crippen LogP contribution in [0, 0.1) is 11.3 Å². The minimum absolute atomic E-state index is 0.0152.